The summed E-state index contributed by atoms with van der Waals surface area (Å²) >= 11 is 0. The molecule has 0 saturated heterocycles. The number of likely N-dealkylation sites (N-methyl/N-ethyl adjacent to an activating group) is 1. The van der Waals surface area contributed by atoms with E-state index in [1.165, 1.54) is 0 Å². The summed E-state index contributed by atoms with van der Waals surface area (Å²) in [6.45, 7) is 1.73. The summed E-state index contributed by atoms with van der Waals surface area (Å²) < 4.78 is 5.11. The SMILES string of the molecule is COc1ccc(NC(=O)CN(C)[C@@H](C)C(=O)Nc2ccccc2C(=O)c2ccccc2)cc1. The second kappa shape index (κ2) is 11.1. The standard InChI is InChI=1S/C26H27N3O4/c1-18(29(2)17-24(30)27-20-13-15-21(33-3)16-14-20)26(32)28-23-12-8-7-11-22(23)25(31)19-9-5-4-6-10-19/h4-16,18H,17H2,1-3H3,(H,27,30)(H,28,32)/t18-/m0/s1. The van der Waals surface area contributed by atoms with Crippen LogP contribution in [0.15, 0.2) is 78.9 Å². The number of amides is 2. The zero-order valence-corrected chi connectivity index (χ0v) is 18.9. The van der Waals surface area contributed by atoms with Gasteiger partial charge in [0, 0.05) is 16.8 Å². The van der Waals surface area contributed by atoms with Crippen LogP contribution < -0.4 is 15.4 Å². The lowest BCUT2D eigenvalue weighted by molar-refractivity contribution is -0.122. The molecule has 3 rings (SSSR count). The van der Waals surface area contributed by atoms with Gasteiger partial charge in [-0.1, -0.05) is 42.5 Å². The number of rotatable bonds is 9. The van der Waals surface area contributed by atoms with E-state index in [9.17, 15) is 14.4 Å². The van der Waals surface area contributed by atoms with Gasteiger partial charge in [-0.05, 0) is 50.4 Å². The Morgan fingerprint density at radius 2 is 1.52 bits per heavy atom. The van der Waals surface area contributed by atoms with Gasteiger partial charge in [0.15, 0.2) is 5.78 Å². The predicted octanol–water partition coefficient (Wildman–Crippen LogP) is 3.82. The summed E-state index contributed by atoms with van der Waals surface area (Å²) in [4.78, 5) is 39.8. The van der Waals surface area contributed by atoms with Crippen molar-refractivity contribution < 1.29 is 19.1 Å². The van der Waals surface area contributed by atoms with E-state index in [0.29, 0.717) is 28.3 Å². The first-order valence-corrected chi connectivity index (χ1v) is 10.5. The molecular weight excluding hydrogens is 418 g/mol. The van der Waals surface area contributed by atoms with Crippen molar-refractivity contribution >= 4 is 29.0 Å². The number of nitrogens with one attached hydrogen (secondary N) is 2. The first-order chi connectivity index (χ1) is 15.9. The largest absolute Gasteiger partial charge is 0.497 e. The van der Waals surface area contributed by atoms with E-state index in [1.807, 2.05) is 6.07 Å². The number of carbonyl (C=O) groups excluding carboxylic acids is 3. The first-order valence-electron chi connectivity index (χ1n) is 10.5. The molecule has 0 fully saturated rings. The Balaban J connectivity index is 1.62. The van der Waals surface area contributed by atoms with Gasteiger partial charge in [0.05, 0.1) is 25.4 Å². The zero-order chi connectivity index (χ0) is 23.8. The maximum absolute atomic E-state index is 12.9. The fraction of sp³-hybridized carbons (Fsp3) is 0.192. The van der Waals surface area contributed by atoms with Crippen molar-refractivity contribution in [2.24, 2.45) is 0 Å². The van der Waals surface area contributed by atoms with Crippen LogP contribution in [0.5, 0.6) is 5.75 Å². The summed E-state index contributed by atoms with van der Waals surface area (Å²) in [5.74, 6) is -0.0437. The number of methoxy groups -OCH3 is 1. The maximum Gasteiger partial charge on any atom is 0.241 e. The van der Waals surface area contributed by atoms with Gasteiger partial charge in [-0.2, -0.15) is 0 Å². The van der Waals surface area contributed by atoms with Crippen molar-refractivity contribution in [1.82, 2.24) is 4.90 Å². The third kappa shape index (κ3) is 6.27. The van der Waals surface area contributed by atoms with E-state index in [-0.39, 0.29) is 24.1 Å². The summed E-state index contributed by atoms with van der Waals surface area (Å²) in [5, 5.41) is 5.63. The van der Waals surface area contributed by atoms with Gasteiger partial charge in [-0.3, -0.25) is 19.3 Å². The second-order valence-corrected chi connectivity index (χ2v) is 7.60. The second-order valence-electron chi connectivity index (χ2n) is 7.60. The highest BCUT2D eigenvalue weighted by Crippen LogP contribution is 2.20. The molecule has 0 spiro atoms. The molecule has 7 heteroatoms. The van der Waals surface area contributed by atoms with Crippen LogP contribution in [0.4, 0.5) is 11.4 Å². The Labute approximate surface area is 193 Å². The Hall–Kier alpha value is -3.97. The Morgan fingerprint density at radius 3 is 2.18 bits per heavy atom. The molecule has 33 heavy (non-hydrogen) atoms. The smallest absolute Gasteiger partial charge is 0.241 e. The summed E-state index contributed by atoms with van der Waals surface area (Å²) in [6, 6.07) is 22.2. The number of carbonyl (C=O) groups is 3. The van der Waals surface area contributed by atoms with Gasteiger partial charge in [-0.15, -0.1) is 0 Å². The predicted molar refractivity (Wildman–Crippen MR) is 129 cm³/mol. The average Bonchev–Trinajstić information content (AvgIpc) is 2.84. The molecule has 170 valence electrons. The van der Waals surface area contributed by atoms with Gasteiger partial charge in [0.1, 0.15) is 5.75 Å². The number of ether oxygens (including phenoxy) is 1. The average molecular weight is 446 g/mol. The van der Waals surface area contributed by atoms with Crippen LogP contribution in [-0.4, -0.2) is 49.2 Å². The fourth-order valence-electron chi connectivity index (χ4n) is 3.21. The minimum atomic E-state index is -0.605. The van der Waals surface area contributed by atoms with E-state index < -0.39 is 6.04 Å². The van der Waals surface area contributed by atoms with Gasteiger partial charge in [-0.25, -0.2) is 0 Å². The molecule has 0 aliphatic heterocycles. The van der Waals surface area contributed by atoms with E-state index in [4.69, 9.17) is 4.74 Å². The van der Waals surface area contributed by atoms with Crippen LogP contribution in [0.3, 0.4) is 0 Å². The molecule has 0 aliphatic carbocycles. The van der Waals surface area contributed by atoms with Crippen molar-refractivity contribution in [2.45, 2.75) is 13.0 Å². The van der Waals surface area contributed by atoms with Crippen LogP contribution in [0.25, 0.3) is 0 Å². The van der Waals surface area contributed by atoms with Crippen LogP contribution in [0.1, 0.15) is 22.8 Å². The molecule has 0 unspecified atom stereocenters. The number of hydrogen-bond donors (Lipinski definition) is 2. The van der Waals surface area contributed by atoms with Crippen molar-refractivity contribution in [2.75, 3.05) is 31.3 Å². The Kier molecular flexibility index (Phi) is 7.94. The van der Waals surface area contributed by atoms with Crippen LogP contribution >= 0.6 is 0 Å². The maximum atomic E-state index is 12.9. The quantitative estimate of drug-likeness (QED) is 0.489. The molecular formula is C26H27N3O4. The molecule has 0 saturated carbocycles. The summed E-state index contributed by atoms with van der Waals surface area (Å²) in [7, 11) is 3.27. The molecule has 0 aliphatic rings. The first kappa shape index (κ1) is 23.7. The molecule has 3 aromatic rings. The molecule has 1 atom stereocenters. The monoisotopic (exact) mass is 445 g/mol. The van der Waals surface area contributed by atoms with E-state index in [0.717, 1.165) is 0 Å². The summed E-state index contributed by atoms with van der Waals surface area (Å²) in [5.41, 5.74) is 2.02. The topological polar surface area (TPSA) is 87.7 Å². The molecule has 0 aromatic heterocycles. The van der Waals surface area contributed by atoms with Gasteiger partial charge in [0.25, 0.3) is 0 Å². The number of ketones is 1. The lowest BCUT2D eigenvalue weighted by atomic mass is 10.0. The lowest BCUT2D eigenvalue weighted by Crippen LogP contribution is -2.43. The third-order valence-corrected chi connectivity index (χ3v) is 5.27. The van der Waals surface area contributed by atoms with Crippen molar-refractivity contribution in [1.29, 1.82) is 0 Å². The fourth-order valence-corrected chi connectivity index (χ4v) is 3.21. The third-order valence-electron chi connectivity index (χ3n) is 5.27. The number of hydrogen-bond acceptors (Lipinski definition) is 5. The highest BCUT2D eigenvalue weighted by molar-refractivity contribution is 6.14. The Morgan fingerprint density at radius 1 is 0.879 bits per heavy atom. The van der Waals surface area contributed by atoms with Gasteiger partial charge >= 0.3 is 0 Å². The number of nitrogens with zero attached hydrogens (tertiary/aromatic N) is 1. The zero-order valence-electron chi connectivity index (χ0n) is 18.9. The molecule has 2 N–H and O–H groups in total. The highest BCUT2D eigenvalue weighted by atomic mass is 16.5. The van der Waals surface area contributed by atoms with E-state index in [2.05, 4.69) is 10.6 Å². The van der Waals surface area contributed by atoms with Crippen molar-refractivity contribution in [3.05, 3.63) is 90.0 Å². The van der Waals surface area contributed by atoms with Crippen LogP contribution in [0.2, 0.25) is 0 Å². The molecule has 3 aromatic carbocycles. The molecule has 2 amide bonds. The molecule has 0 heterocycles. The minimum absolute atomic E-state index is 0.0191. The van der Waals surface area contributed by atoms with E-state index >= 15 is 0 Å². The molecule has 7 nitrogen and oxygen atoms in total. The number of para-hydroxylation sites is 1. The van der Waals surface area contributed by atoms with Gasteiger partial charge < -0.3 is 15.4 Å². The van der Waals surface area contributed by atoms with Crippen LogP contribution in [-0.2, 0) is 9.59 Å². The van der Waals surface area contributed by atoms with E-state index in [1.54, 1.807) is 98.8 Å². The minimum Gasteiger partial charge on any atom is -0.497 e. The van der Waals surface area contributed by atoms with Gasteiger partial charge in [0.2, 0.25) is 11.8 Å². The number of anilines is 2. The number of benzene rings is 3. The van der Waals surface area contributed by atoms with Crippen molar-refractivity contribution in [3.63, 3.8) is 0 Å². The normalized spacial score (nSPS) is 11.5. The van der Waals surface area contributed by atoms with Crippen molar-refractivity contribution in [3.8, 4) is 5.75 Å². The highest BCUT2D eigenvalue weighted by Gasteiger charge is 2.22. The van der Waals surface area contributed by atoms with Crippen LogP contribution in [0, 0.1) is 0 Å². The summed E-state index contributed by atoms with van der Waals surface area (Å²) in [6.07, 6.45) is 0. The molecule has 0 bridgehead atoms. The molecule has 0 radical (unpaired) electrons. The Bertz CT molecular complexity index is 1110. The lowest BCUT2D eigenvalue weighted by Gasteiger charge is -2.23.